The van der Waals surface area contributed by atoms with Gasteiger partial charge < -0.3 is 15.4 Å². The smallest absolute Gasteiger partial charge is 0.257 e. The molecule has 0 unspecified atom stereocenters. The molecule has 5 heteroatoms. The summed E-state index contributed by atoms with van der Waals surface area (Å²) in [6.45, 7) is 2.60. The van der Waals surface area contributed by atoms with Crippen molar-refractivity contribution in [3.63, 3.8) is 0 Å². The predicted molar refractivity (Wildman–Crippen MR) is 91.8 cm³/mol. The number of amides is 1. The summed E-state index contributed by atoms with van der Waals surface area (Å²) in [6.07, 6.45) is 0. The van der Waals surface area contributed by atoms with Crippen LogP contribution in [0.25, 0.3) is 11.1 Å². The van der Waals surface area contributed by atoms with Crippen LogP contribution in [-0.4, -0.2) is 32.1 Å². The Labute approximate surface area is 140 Å². The molecule has 0 radical (unpaired) electrons. The van der Waals surface area contributed by atoms with Crippen LogP contribution in [0.4, 0.5) is 0 Å². The normalized spacial score (nSPS) is 14.1. The Balaban J connectivity index is 1.54. The lowest BCUT2D eigenvalue weighted by atomic mass is 10.0. The van der Waals surface area contributed by atoms with E-state index in [2.05, 4.69) is 10.6 Å². The zero-order valence-electron chi connectivity index (χ0n) is 12.7. The number of benzene rings is 2. The lowest BCUT2D eigenvalue weighted by molar-refractivity contribution is -0.123. The van der Waals surface area contributed by atoms with E-state index < -0.39 is 0 Å². The monoisotopic (exact) mass is 330 g/mol. The molecule has 1 aliphatic rings. The minimum absolute atomic E-state index is 0.0233. The quantitative estimate of drug-likeness (QED) is 0.856. The van der Waals surface area contributed by atoms with Gasteiger partial charge in [-0.25, -0.2) is 0 Å². The van der Waals surface area contributed by atoms with Crippen molar-refractivity contribution in [2.45, 2.75) is 0 Å². The van der Waals surface area contributed by atoms with Crippen LogP contribution in [0, 0.1) is 5.92 Å². The Bertz CT molecular complexity index is 672. The second-order valence-electron chi connectivity index (χ2n) is 5.63. The van der Waals surface area contributed by atoms with Crippen LogP contribution in [0.3, 0.4) is 0 Å². The number of ether oxygens (including phenoxy) is 1. The largest absolute Gasteiger partial charge is 0.482 e. The summed E-state index contributed by atoms with van der Waals surface area (Å²) in [4.78, 5) is 11.8. The van der Waals surface area contributed by atoms with Crippen LogP contribution in [0.5, 0.6) is 5.75 Å². The number of nitrogens with one attached hydrogen (secondary N) is 2. The second-order valence-corrected chi connectivity index (χ2v) is 6.04. The number of carbonyl (C=O) groups is 1. The van der Waals surface area contributed by atoms with E-state index in [1.54, 1.807) is 6.07 Å². The summed E-state index contributed by atoms with van der Waals surface area (Å²) >= 11 is 6.26. The number of hydrogen-bond donors (Lipinski definition) is 2. The molecule has 2 N–H and O–H groups in total. The number of carbonyl (C=O) groups excluding carboxylic acids is 1. The third-order valence-electron chi connectivity index (χ3n) is 3.85. The van der Waals surface area contributed by atoms with E-state index in [-0.39, 0.29) is 12.5 Å². The number of rotatable bonds is 6. The minimum Gasteiger partial charge on any atom is -0.482 e. The number of hydrogen-bond acceptors (Lipinski definition) is 3. The summed E-state index contributed by atoms with van der Waals surface area (Å²) in [7, 11) is 0. The fraction of sp³-hybridized carbons (Fsp3) is 0.278. The standard InChI is InChI=1S/C18H19ClN2O2/c19-16-8-15(14-4-2-1-3-5-14)6-7-17(16)23-12-18(22)21-11-13-9-20-10-13/h1-8,13,20H,9-12H2,(H,21,22). The summed E-state index contributed by atoms with van der Waals surface area (Å²) < 4.78 is 5.51. The predicted octanol–water partition coefficient (Wildman–Crippen LogP) is 2.72. The molecule has 120 valence electrons. The van der Waals surface area contributed by atoms with Crippen molar-refractivity contribution >= 4 is 17.5 Å². The molecule has 2 aromatic carbocycles. The Morgan fingerprint density at radius 3 is 2.61 bits per heavy atom. The average Bonchev–Trinajstić information content (AvgIpc) is 2.53. The molecule has 0 aromatic heterocycles. The summed E-state index contributed by atoms with van der Waals surface area (Å²) in [6, 6.07) is 15.6. The van der Waals surface area contributed by atoms with E-state index in [1.807, 2.05) is 42.5 Å². The van der Waals surface area contributed by atoms with Crippen molar-refractivity contribution in [3.05, 3.63) is 53.6 Å². The van der Waals surface area contributed by atoms with Gasteiger partial charge >= 0.3 is 0 Å². The molecule has 4 nitrogen and oxygen atoms in total. The average molecular weight is 331 g/mol. The van der Waals surface area contributed by atoms with Gasteiger partial charge in [0.25, 0.3) is 5.91 Å². The van der Waals surface area contributed by atoms with Gasteiger partial charge in [0.1, 0.15) is 5.75 Å². The van der Waals surface area contributed by atoms with Crippen LogP contribution < -0.4 is 15.4 Å². The highest BCUT2D eigenvalue weighted by Crippen LogP contribution is 2.30. The lowest BCUT2D eigenvalue weighted by Gasteiger charge is -2.27. The van der Waals surface area contributed by atoms with Gasteiger partial charge in [-0.1, -0.05) is 48.0 Å². The highest BCUT2D eigenvalue weighted by atomic mass is 35.5. The zero-order chi connectivity index (χ0) is 16.1. The van der Waals surface area contributed by atoms with Crippen LogP contribution in [0.1, 0.15) is 0 Å². The van der Waals surface area contributed by atoms with Gasteiger partial charge in [-0.3, -0.25) is 4.79 Å². The van der Waals surface area contributed by atoms with Crippen molar-refractivity contribution in [1.82, 2.24) is 10.6 Å². The van der Waals surface area contributed by atoms with Crippen LogP contribution >= 0.6 is 11.6 Å². The first-order chi connectivity index (χ1) is 11.2. The summed E-state index contributed by atoms with van der Waals surface area (Å²) in [5, 5.41) is 6.54. The van der Waals surface area contributed by atoms with Crippen molar-refractivity contribution in [3.8, 4) is 16.9 Å². The second kappa shape index (κ2) is 7.49. The molecule has 0 saturated carbocycles. The van der Waals surface area contributed by atoms with Crippen molar-refractivity contribution in [2.24, 2.45) is 5.92 Å². The first-order valence-corrected chi connectivity index (χ1v) is 8.05. The van der Waals surface area contributed by atoms with Gasteiger partial charge in [0.15, 0.2) is 6.61 Å². The molecule has 0 bridgehead atoms. The molecule has 23 heavy (non-hydrogen) atoms. The first-order valence-electron chi connectivity index (χ1n) is 7.67. The van der Waals surface area contributed by atoms with E-state index in [1.165, 1.54) is 0 Å². The maximum Gasteiger partial charge on any atom is 0.257 e. The molecule has 0 atom stereocenters. The molecule has 1 amide bonds. The van der Waals surface area contributed by atoms with Crippen LogP contribution in [-0.2, 0) is 4.79 Å². The fourth-order valence-corrected chi connectivity index (χ4v) is 2.61. The van der Waals surface area contributed by atoms with Gasteiger partial charge in [-0.05, 0) is 23.3 Å². The third kappa shape index (κ3) is 4.24. The molecule has 2 aromatic rings. The molecule has 1 heterocycles. The van der Waals surface area contributed by atoms with E-state index in [0.717, 1.165) is 24.2 Å². The molecule has 1 aliphatic heterocycles. The van der Waals surface area contributed by atoms with E-state index in [0.29, 0.717) is 23.2 Å². The summed E-state index contributed by atoms with van der Waals surface area (Å²) in [5.74, 6) is 0.930. The Hall–Kier alpha value is -2.04. The Morgan fingerprint density at radius 2 is 1.96 bits per heavy atom. The Kier molecular flexibility index (Phi) is 5.16. The molecular formula is C18H19ClN2O2. The summed E-state index contributed by atoms with van der Waals surface area (Å²) in [5.41, 5.74) is 2.11. The number of halogens is 1. The van der Waals surface area contributed by atoms with Gasteiger partial charge in [-0.15, -0.1) is 0 Å². The topological polar surface area (TPSA) is 50.4 Å². The van der Waals surface area contributed by atoms with E-state index >= 15 is 0 Å². The van der Waals surface area contributed by atoms with Gasteiger partial charge in [0.05, 0.1) is 5.02 Å². The molecule has 1 fully saturated rings. The van der Waals surface area contributed by atoms with Crippen molar-refractivity contribution in [2.75, 3.05) is 26.2 Å². The molecule has 3 rings (SSSR count). The third-order valence-corrected chi connectivity index (χ3v) is 4.15. The highest BCUT2D eigenvalue weighted by Gasteiger charge is 2.17. The zero-order valence-corrected chi connectivity index (χ0v) is 13.5. The van der Waals surface area contributed by atoms with Crippen LogP contribution in [0.2, 0.25) is 5.02 Å². The highest BCUT2D eigenvalue weighted by molar-refractivity contribution is 6.32. The maximum absolute atomic E-state index is 11.8. The lowest BCUT2D eigenvalue weighted by Crippen LogP contribution is -2.48. The SMILES string of the molecule is O=C(COc1ccc(-c2ccccc2)cc1Cl)NCC1CNC1. The van der Waals surface area contributed by atoms with Gasteiger partial charge in [-0.2, -0.15) is 0 Å². The van der Waals surface area contributed by atoms with Gasteiger partial charge in [0.2, 0.25) is 0 Å². The fourth-order valence-electron chi connectivity index (χ4n) is 2.37. The van der Waals surface area contributed by atoms with Crippen molar-refractivity contribution in [1.29, 1.82) is 0 Å². The van der Waals surface area contributed by atoms with Crippen LogP contribution in [0.15, 0.2) is 48.5 Å². The van der Waals surface area contributed by atoms with Crippen molar-refractivity contribution < 1.29 is 9.53 Å². The molecular weight excluding hydrogens is 312 g/mol. The van der Waals surface area contributed by atoms with Gasteiger partial charge in [0, 0.05) is 25.6 Å². The maximum atomic E-state index is 11.8. The minimum atomic E-state index is -0.125. The molecule has 0 spiro atoms. The van der Waals surface area contributed by atoms with E-state index in [4.69, 9.17) is 16.3 Å². The van der Waals surface area contributed by atoms with E-state index in [9.17, 15) is 4.79 Å². The molecule has 0 aliphatic carbocycles. The first kappa shape index (κ1) is 15.8. The molecule has 1 saturated heterocycles. The Morgan fingerprint density at radius 1 is 1.17 bits per heavy atom.